The third-order valence-corrected chi connectivity index (χ3v) is 10.3. The summed E-state index contributed by atoms with van der Waals surface area (Å²) in [5, 5.41) is 4.75. The van der Waals surface area contributed by atoms with Crippen LogP contribution in [0.1, 0.15) is 13.3 Å². The molecule has 0 bridgehead atoms. The molecule has 10 rings (SSSR count). The second kappa shape index (κ2) is 11.5. The zero-order valence-corrected chi connectivity index (χ0v) is 28.1. The molecule has 0 radical (unpaired) electrons. The van der Waals surface area contributed by atoms with E-state index in [2.05, 4.69) is 145 Å². The summed E-state index contributed by atoms with van der Waals surface area (Å²) in [7, 11) is 0. The highest BCUT2D eigenvalue weighted by Gasteiger charge is 2.27. The summed E-state index contributed by atoms with van der Waals surface area (Å²) in [5.41, 5.74) is 11.0. The van der Waals surface area contributed by atoms with Crippen molar-refractivity contribution >= 4 is 43.7 Å². The summed E-state index contributed by atoms with van der Waals surface area (Å²) in [4.78, 5) is 10.3. The number of fused-ring (bicyclic) bond motifs is 6. The van der Waals surface area contributed by atoms with Gasteiger partial charge in [0.25, 0.3) is 0 Å². The van der Waals surface area contributed by atoms with Crippen molar-refractivity contribution in [3.05, 3.63) is 170 Å². The van der Waals surface area contributed by atoms with Crippen LogP contribution < -0.4 is 0 Å². The molecule has 242 valence electrons. The van der Waals surface area contributed by atoms with E-state index in [4.69, 9.17) is 14.4 Å². The minimum absolute atomic E-state index is 0.163. The molecule has 1 unspecified atom stereocenters. The van der Waals surface area contributed by atoms with E-state index in [1.54, 1.807) is 0 Å². The van der Waals surface area contributed by atoms with Gasteiger partial charge >= 0.3 is 0 Å². The minimum Gasteiger partial charge on any atom is -0.456 e. The molecule has 6 aromatic carbocycles. The van der Waals surface area contributed by atoms with Crippen molar-refractivity contribution in [2.24, 2.45) is 0 Å². The van der Waals surface area contributed by atoms with Crippen LogP contribution in [0.2, 0.25) is 0 Å². The van der Waals surface area contributed by atoms with Gasteiger partial charge in [-0.1, -0.05) is 127 Å². The van der Waals surface area contributed by atoms with Gasteiger partial charge in [-0.2, -0.15) is 0 Å². The van der Waals surface area contributed by atoms with Crippen molar-refractivity contribution in [1.82, 2.24) is 14.5 Å². The first-order valence-electron chi connectivity index (χ1n) is 17.5. The van der Waals surface area contributed by atoms with Gasteiger partial charge in [0.15, 0.2) is 5.82 Å². The van der Waals surface area contributed by atoms with Gasteiger partial charge in [-0.25, -0.2) is 9.97 Å². The van der Waals surface area contributed by atoms with Gasteiger partial charge in [0, 0.05) is 43.8 Å². The zero-order valence-electron chi connectivity index (χ0n) is 28.1. The van der Waals surface area contributed by atoms with Gasteiger partial charge in [-0.05, 0) is 66.9 Å². The van der Waals surface area contributed by atoms with Crippen molar-refractivity contribution in [3.8, 4) is 45.0 Å². The highest BCUT2D eigenvalue weighted by atomic mass is 16.3. The average molecular weight is 656 g/mol. The molecule has 0 fully saturated rings. The van der Waals surface area contributed by atoms with Gasteiger partial charge in [0.1, 0.15) is 11.2 Å². The normalized spacial score (nSPS) is 15.8. The molecule has 9 aromatic rings. The first-order chi connectivity index (χ1) is 25.1. The van der Waals surface area contributed by atoms with Crippen molar-refractivity contribution in [1.29, 1.82) is 0 Å². The first-order valence-corrected chi connectivity index (χ1v) is 17.5. The van der Waals surface area contributed by atoms with E-state index < -0.39 is 0 Å². The fourth-order valence-corrected chi connectivity index (χ4v) is 7.79. The molecular weight excluding hydrogens is 623 g/mol. The monoisotopic (exact) mass is 655 g/mol. The average Bonchev–Trinajstić information content (AvgIpc) is 3.74. The Hall–Kier alpha value is -6.52. The standard InChI is InChI=1S/C47H33N3O/c1-47(25-10-3-11-26-47)50-42-19-8-6-17-36(42)37-23-21-33(28-43(37)50)32-15-12-16-35(27-32)46-48-40(31-13-4-2-5-14-31)30-41(49-46)34-22-24-39-38-18-7-9-20-44(38)51-45(39)29-34/h2-25,27-30H,26H2,1H3. The molecule has 0 saturated heterocycles. The molecular formula is C47H33N3O. The lowest BCUT2D eigenvalue weighted by molar-refractivity contribution is 0.437. The summed E-state index contributed by atoms with van der Waals surface area (Å²) in [6.07, 6.45) is 9.85. The maximum atomic E-state index is 6.26. The number of aromatic nitrogens is 3. The molecule has 3 heterocycles. The van der Waals surface area contributed by atoms with Crippen molar-refractivity contribution in [3.63, 3.8) is 0 Å². The van der Waals surface area contributed by atoms with Crippen LogP contribution in [0.4, 0.5) is 0 Å². The highest BCUT2D eigenvalue weighted by Crippen LogP contribution is 2.40. The number of allylic oxidation sites excluding steroid dienone is 4. The van der Waals surface area contributed by atoms with Crippen molar-refractivity contribution in [2.45, 2.75) is 18.9 Å². The molecule has 0 aliphatic heterocycles. The summed E-state index contributed by atoms with van der Waals surface area (Å²) in [6.45, 7) is 2.33. The number of furan rings is 1. The maximum absolute atomic E-state index is 6.26. The Morgan fingerprint density at radius 3 is 2.04 bits per heavy atom. The van der Waals surface area contributed by atoms with Gasteiger partial charge in [0.05, 0.1) is 22.4 Å². The summed E-state index contributed by atoms with van der Waals surface area (Å²) >= 11 is 0. The lowest BCUT2D eigenvalue weighted by Gasteiger charge is -2.31. The van der Waals surface area contributed by atoms with E-state index in [9.17, 15) is 0 Å². The van der Waals surface area contributed by atoms with Gasteiger partial charge in [-0.3, -0.25) is 0 Å². The molecule has 3 aromatic heterocycles. The van der Waals surface area contributed by atoms with E-state index in [-0.39, 0.29) is 5.54 Å². The Balaban J connectivity index is 1.11. The second-order valence-corrected chi connectivity index (χ2v) is 13.7. The summed E-state index contributed by atoms with van der Waals surface area (Å²) in [5.74, 6) is 0.680. The quantitative estimate of drug-likeness (QED) is 0.185. The maximum Gasteiger partial charge on any atom is 0.160 e. The van der Waals surface area contributed by atoms with Crippen LogP contribution in [0.5, 0.6) is 0 Å². The van der Waals surface area contributed by atoms with E-state index in [0.29, 0.717) is 5.82 Å². The Morgan fingerprint density at radius 2 is 1.18 bits per heavy atom. The number of hydrogen-bond donors (Lipinski definition) is 0. The number of rotatable bonds is 5. The lowest BCUT2D eigenvalue weighted by atomic mass is 9.92. The fourth-order valence-electron chi connectivity index (χ4n) is 7.79. The largest absolute Gasteiger partial charge is 0.456 e. The number of para-hydroxylation sites is 2. The molecule has 0 saturated carbocycles. The van der Waals surface area contributed by atoms with Crippen molar-refractivity contribution in [2.75, 3.05) is 0 Å². The molecule has 1 aliphatic rings. The SMILES string of the molecule is CC1(n2c3ccccc3c3ccc(-c4cccc(-c5nc(-c6ccccc6)cc(-c6ccc7c(c6)oc6ccccc67)n5)c4)cc32)C=CC=CC1. The topological polar surface area (TPSA) is 43.9 Å². The van der Waals surface area contributed by atoms with E-state index in [0.717, 1.165) is 67.6 Å². The van der Waals surface area contributed by atoms with Gasteiger partial charge in [-0.15, -0.1) is 0 Å². The second-order valence-electron chi connectivity index (χ2n) is 13.7. The highest BCUT2D eigenvalue weighted by molar-refractivity contribution is 6.09. The molecule has 1 atom stereocenters. The van der Waals surface area contributed by atoms with Crippen LogP contribution in [0, 0.1) is 0 Å². The smallest absolute Gasteiger partial charge is 0.160 e. The predicted octanol–water partition coefficient (Wildman–Crippen LogP) is 12.4. The number of hydrogen-bond acceptors (Lipinski definition) is 3. The van der Waals surface area contributed by atoms with Crippen LogP contribution in [-0.2, 0) is 5.54 Å². The first kappa shape index (κ1) is 29.4. The molecule has 4 nitrogen and oxygen atoms in total. The van der Waals surface area contributed by atoms with Crippen LogP contribution in [0.25, 0.3) is 88.8 Å². The molecule has 51 heavy (non-hydrogen) atoms. The number of benzene rings is 6. The van der Waals surface area contributed by atoms with Crippen LogP contribution in [-0.4, -0.2) is 14.5 Å². The summed E-state index contributed by atoms with van der Waals surface area (Å²) in [6, 6.07) is 51.2. The Kier molecular flexibility index (Phi) is 6.65. The van der Waals surface area contributed by atoms with E-state index in [1.807, 2.05) is 36.4 Å². The van der Waals surface area contributed by atoms with Crippen LogP contribution >= 0.6 is 0 Å². The molecule has 4 heteroatoms. The Labute approximate surface area is 295 Å². The van der Waals surface area contributed by atoms with Gasteiger partial charge < -0.3 is 8.98 Å². The Morgan fingerprint density at radius 1 is 0.510 bits per heavy atom. The van der Waals surface area contributed by atoms with E-state index in [1.165, 1.54) is 21.8 Å². The summed E-state index contributed by atoms with van der Waals surface area (Å²) < 4.78 is 8.78. The van der Waals surface area contributed by atoms with Crippen molar-refractivity contribution < 1.29 is 4.42 Å². The molecule has 0 N–H and O–H groups in total. The van der Waals surface area contributed by atoms with Gasteiger partial charge in [0.2, 0.25) is 0 Å². The molecule has 0 spiro atoms. The van der Waals surface area contributed by atoms with Crippen LogP contribution in [0.3, 0.4) is 0 Å². The molecule has 0 amide bonds. The van der Waals surface area contributed by atoms with Crippen LogP contribution in [0.15, 0.2) is 174 Å². The van der Waals surface area contributed by atoms with E-state index >= 15 is 0 Å². The third kappa shape index (κ3) is 4.91. The minimum atomic E-state index is -0.163. The number of nitrogens with zero attached hydrogens (tertiary/aromatic N) is 3. The Bertz CT molecular complexity index is 2860. The third-order valence-electron chi connectivity index (χ3n) is 10.3. The lowest BCUT2D eigenvalue weighted by Crippen LogP contribution is -2.27. The molecule has 1 aliphatic carbocycles. The predicted molar refractivity (Wildman–Crippen MR) is 211 cm³/mol. The fraction of sp³-hybridized carbons (Fsp3) is 0.0638. The zero-order chi connectivity index (χ0) is 33.9.